The summed E-state index contributed by atoms with van der Waals surface area (Å²) in [4.78, 5) is 11.7. The Labute approximate surface area is 138 Å². The van der Waals surface area contributed by atoms with Crippen molar-refractivity contribution in [2.75, 3.05) is 14.2 Å². The Hall–Kier alpha value is -1.91. The van der Waals surface area contributed by atoms with Crippen molar-refractivity contribution in [1.82, 2.24) is 0 Å². The summed E-state index contributed by atoms with van der Waals surface area (Å²) in [5.74, 6) is 1.94. The predicted octanol–water partition coefficient (Wildman–Crippen LogP) is 3.84. The van der Waals surface area contributed by atoms with E-state index in [1.165, 1.54) is 0 Å². The van der Waals surface area contributed by atoms with Crippen LogP contribution in [-0.4, -0.2) is 20.3 Å². The standard InChI is InChI=1S/C18H27NO4/c1-12(2)16-7-5-6-8-18(16,23-17(19)20)13-9-14(21-3)11-15(10-13)22-4/h9-12,16H,5-8H2,1-4H3,(H2,19,20). The van der Waals surface area contributed by atoms with Crippen LogP contribution in [0.4, 0.5) is 4.79 Å². The average Bonchev–Trinajstić information content (AvgIpc) is 2.53. The molecule has 2 unspecified atom stereocenters. The molecule has 1 amide bonds. The number of methoxy groups -OCH3 is 2. The number of carbonyl (C=O) groups excluding carboxylic acids is 1. The minimum atomic E-state index is -0.737. The molecule has 0 aromatic heterocycles. The highest BCUT2D eigenvalue weighted by Gasteiger charge is 2.47. The molecule has 0 aliphatic heterocycles. The molecule has 1 aromatic rings. The van der Waals surface area contributed by atoms with E-state index < -0.39 is 11.7 Å². The van der Waals surface area contributed by atoms with E-state index >= 15 is 0 Å². The summed E-state index contributed by atoms with van der Waals surface area (Å²) in [5.41, 5.74) is 5.60. The van der Waals surface area contributed by atoms with E-state index in [1.54, 1.807) is 14.2 Å². The highest BCUT2D eigenvalue weighted by atomic mass is 16.6. The van der Waals surface area contributed by atoms with E-state index in [2.05, 4.69) is 13.8 Å². The lowest BCUT2D eigenvalue weighted by molar-refractivity contribution is -0.0780. The number of rotatable bonds is 5. The van der Waals surface area contributed by atoms with Gasteiger partial charge in [0, 0.05) is 17.5 Å². The maximum Gasteiger partial charge on any atom is 0.405 e. The summed E-state index contributed by atoms with van der Waals surface area (Å²) in [7, 11) is 3.22. The first-order valence-corrected chi connectivity index (χ1v) is 8.15. The van der Waals surface area contributed by atoms with Crippen LogP contribution in [0.2, 0.25) is 0 Å². The van der Waals surface area contributed by atoms with Crippen molar-refractivity contribution in [1.29, 1.82) is 0 Å². The van der Waals surface area contributed by atoms with Crippen molar-refractivity contribution in [3.05, 3.63) is 23.8 Å². The Morgan fingerprint density at radius 2 is 1.78 bits per heavy atom. The average molecular weight is 321 g/mol. The lowest BCUT2D eigenvalue weighted by Gasteiger charge is -2.45. The van der Waals surface area contributed by atoms with Crippen LogP contribution in [0, 0.1) is 11.8 Å². The van der Waals surface area contributed by atoms with Gasteiger partial charge in [-0.15, -0.1) is 0 Å². The molecule has 23 heavy (non-hydrogen) atoms. The summed E-state index contributed by atoms with van der Waals surface area (Å²) in [6.07, 6.45) is 3.16. The lowest BCUT2D eigenvalue weighted by Crippen LogP contribution is -2.45. The fraction of sp³-hybridized carbons (Fsp3) is 0.611. The van der Waals surface area contributed by atoms with Gasteiger partial charge < -0.3 is 19.9 Å². The summed E-state index contributed by atoms with van der Waals surface area (Å²) in [5, 5.41) is 0. The first-order chi connectivity index (χ1) is 10.9. The van der Waals surface area contributed by atoms with Crippen molar-refractivity contribution in [2.24, 2.45) is 17.6 Å². The Balaban J connectivity index is 2.59. The molecule has 5 nitrogen and oxygen atoms in total. The van der Waals surface area contributed by atoms with Gasteiger partial charge in [-0.05, 0) is 37.3 Å². The fourth-order valence-electron chi connectivity index (χ4n) is 3.82. The molecule has 0 heterocycles. The fourth-order valence-corrected chi connectivity index (χ4v) is 3.82. The van der Waals surface area contributed by atoms with E-state index in [1.807, 2.05) is 18.2 Å². The zero-order valence-electron chi connectivity index (χ0n) is 14.4. The Morgan fingerprint density at radius 3 is 2.26 bits per heavy atom. The first-order valence-electron chi connectivity index (χ1n) is 8.15. The zero-order valence-corrected chi connectivity index (χ0v) is 14.4. The molecule has 1 aliphatic carbocycles. The molecule has 2 rings (SSSR count). The van der Waals surface area contributed by atoms with Gasteiger partial charge in [0.2, 0.25) is 0 Å². The van der Waals surface area contributed by atoms with Crippen LogP contribution in [0.3, 0.4) is 0 Å². The van der Waals surface area contributed by atoms with Gasteiger partial charge in [0.05, 0.1) is 14.2 Å². The first kappa shape index (κ1) is 17.4. The highest BCUT2D eigenvalue weighted by molar-refractivity contribution is 5.66. The SMILES string of the molecule is COc1cc(OC)cc(C2(OC(N)=O)CCCCC2C(C)C)c1. The molecule has 1 aliphatic rings. The van der Waals surface area contributed by atoms with E-state index in [4.69, 9.17) is 19.9 Å². The molecule has 1 saturated carbocycles. The number of carbonyl (C=O) groups is 1. The van der Waals surface area contributed by atoms with Crippen LogP contribution in [0.1, 0.15) is 45.1 Å². The summed E-state index contributed by atoms with van der Waals surface area (Å²) in [6, 6.07) is 5.66. The van der Waals surface area contributed by atoms with Crippen LogP contribution >= 0.6 is 0 Å². The van der Waals surface area contributed by atoms with Crippen molar-refractivity contribution in [2.45, 2.75) is 45.1 Å². The predicted molar refractivity (Wildman–Crippen MR) is 88.7 cm³/mol. The second-order valence-corrected chi connectivity index (χ2v) is 6.51. The van der Waals surface area contributed by atoms with Crippen LogP contribution < -0.4 is 15.2 Å². The van der Waals surface area contributed by atoms with E-state index in [0.29, 0.717) is 17.4 Å². The second kappa shape index (κ2) is 7.11. The van der Waals surface area contributed by atoms with Crippen molar-refractivity contribution in [3.63, 3.8) is 0 Å². The van der Waals surface area contributed by atoms with Gasteiger partial charge >= 0.3 is 6.09 Å². The molecule has 2 N–H and O–H groups in total. The minimum absolute atomic E-state index is 0.209. The smallest absolute Gasteiger partial charge is 0.405 e. The molecule has 0 bridgehead atoms. The Kier molecular flexibility index (Phi) is 5.39. The van der Waals surface area contributed by atoms with Crippen LogP contribution in [-0.2, 0) is 10.3 Å². The van der Waals surface area contributed by atoms with Gasteiger partial charge in [-0.25, -0.2) is 4.79 Å². The minimum Gasteiger partial charge on any atom is -0.497 e. The molecule has 0 saturated heterocycles. The monoisotopic (exact) mass is 321 g/mol. The topological polar surface area (TPSA) is 70.8 Å². The third-order valence-electron chi connectivity index (χ3n) is 4.84. The quantitative estimate of drug-likeness (QED) is 0.894. The van der Waals surface area contributed by atoms with E-state index in [9.17, 15) is 4.79 Å². The number of nitrogens with two attached hydrogens (primary N) is 1. The third kappa shape index (κ3) is 3.54. The number of hydrogen-bond acceptors (Lipinski definition) is 4. The van der Waals surface area contributed by atoms with Crippen molar-refractivity contribution in [3.8, 4) is 11.5 Å². The molecule has 1 fully saturated rings. The van der Waals surface area contributed by atoms with Gasteiger partial charge in [0.15, 0.2) is 0 Å². The second-order valence-electron chi connectivity index (χ2n) is 6.51. The van der Waals surface area contributed by atoms with Crippen LogP contribution in [0.5, 0.6) is 11.5 Å². The summed E-state index contributed by atoms with van der Waals surface area (Å²) in [6.45, 7) is 4.32. The van der Waals surface area contributed by atoms with Gasteiger partial charge in [-0.2, -0.15) is 0 Å². The third-order valence-corrected chi connectivity index (χ3v) is 4.84. The maximum absolute atomic E-state index is 11.7. The Morgan fingerprint density at radius 1 is 1.17 bits per heavy atom. The molecule has 1 aromatic carbocycles. The number of hydrogen-bond donors (Lipinski definition) is 1. The highest BCUT2D eigenvalue weighted by Crippen LogP contribution is 2.49. The Bertz CT molecular complexity index is 536. The molecule has 5 heteroatoms. The maximum atomic E-state index is 11.7. The number of primary amides is 1. The lowest BCUT2D eigenvalue weighted by atomic mass is 9.67. The molecule has 2 atom stereocenters. The molecular weight excluding hydrogens is 294 g/mol. The van der Waals surface area contributed by atoms with Crippen LogP contribution in [0.25, 0.3) is 0 Å². The van der Waals surface area contributed by atoms with E-state index in [-0.39, 0.29) is 5.92 Å². The van der Waals surface area contributed by atoms with E-state index in [0.717, 1.165) is 31.2 Å². The molecule has 128 valence electrons. The van der Waals surface area contributed by atoms with Crippen molar-refractivity contribution < 1.29 is 19.0 Å². The largest absolute Gasteiger partial charge is 0.497 e. The number of ether oxygens (including phenoxy) is 3. The van der Waals surface area contributed by atoms with Crippen molar-refractivity contribution >= 4 is 6.09 Å². The number of benzene rings is 1. The van der Waals surface area contributed by atoms with Gasteiger partial charge in [0.25, 0.3) is 0 Å². The molecular formula is C18H27NO4. The summed E-state index contributed by atoms with van der Waals surface area (Å²) >= 11 is 0. The number of amides is 1. The van der Waals surface area contributed by atoms with Gasteiger partial charge in [-0.3, -0.25) is 0 Å². The molecule has 0 radical (unpaired) electrons. The summed E-state index contributed by atoms with van der Waals surface area (Å²) < 4.78 is 16.5. The van der Waals surface area contributed by atoms with Crippen LogP contribution in [0.15, 0.2) is 18.2 Å². The zero-order chi connectivity index (χ0) is 17.0. The van der Waals surface area contributed by atoms with Gasteiger partial charge in [-0.1, -0.05) is 20.3 Å². The van der Waals surface area contributed by atoms with Gasteiger partial charge in [0.1, 0.15) is 17.1 Å². The normalized spacial score (nSPS) is 24.3. The molecule has 0 spiro atoms.